The highest BCUT2D eigenvalue weighted by molar-refractivity contribution is 9.10. The van der Waals surface area contributed by atoms with Crippen molar-refractivity contribution in [2.45, 2.75) is 38.8 Å². The summed E-state index contributed by atoms with van der Waals surface area (Å²) in [6.07, 6.45) is 2.02. The summed E-state index contributed by atoms with van der Waals surface area (Å²) in [6, 6.07) is 8.21. The van der Waals surface area contributed by atoms with Crippen molar-refractivity contribution in [1.82, 2.24) is 5.32 Å². The van der Waals surface area contributed by atoms with E-state index in [9.17, 15) is 5.11 Å². The van der Waals surface area contributed by atoms with E-state index in [1.807, 2.05) is 24.3 Å². The van der Waals surface area contributed by atoms with Gasteiger partial charge in [-0.2, -0.15) is 0 Å². The monoisotopic (exact) mass is 341 g/mol. The van der Waals surface area contributed by atoms with E-state index in [0.29, 0.717) is 25.1 Å². The van der Waals surface area contributed by atoms with Gasteiger partial charge in [-0.05, 0) is 42.9 Å². The van der Waals surface area contributed by atoms with E-state index in [1.54, 1.807) is 0 Å². The predicted molar refractivity (Wildman–Crippen MR) is 85.0 cm³/mol. The molecule has 0 radical (unpaired) electrons. The number of nitrogens with one attached hydrogen (secondary N) is 1. The molecule has 112 valence electrons. The third-order valence-corrected chi connectivity index (χ3v) is 4.81. The molecule has 20 heavy (non-hydrogen) atoms. The molecule has 0 spiro atoms. The minimum absolute atomic E-state index is 0.320. The highest BCUT2D eigenvalue weighted by Gasteiger charge is 2.29. The average molecular weight is 342 g/mol. The second-order valence-corrected chi connectivity index (χ2v) is 6.77. The Morgan fingerprint density at radius 3 is 2.85 bits per heavy atom. The van der Waals surface area contributed by atoms with Crippen LogP contribution in [0.5, 0.6) is 5.75 Å². The maximum atomic E-state index is 9.99. The van der Waals surface area contributed by atoms with Crippen molar-refractivity contribution >= 4 is 15.9 Å². The molecule has 0 aliphatic heterocycles. The Kier molecular flexibility index (Phi) is 5.87. The van der Waals surface area contributed by atoms with Crippen LogP contribution in [-0.2, 0) is 0 Å². The largest absolute Gasteiger partial charge is 0.491 e. The maximum Gasteiger partial charge on any atom is 0.120 e. The molecule has 4 heteroatoms. The van der Waals surface area contributed by atoms with Crippen molar-refractivity contribution in [2.24, 2.45) is 11.8 Å². The lowest BCUT2D eigenvalue weighted by atomic mass is 9.98. The number of rotatable bonds is 6. The van der Waals surface area contributed by atoms with Crippen LogP contribution in [0.25, 0.3) is 0 Å². The van der Waals surface area contributed by atoms with Crippen molar-refractivity contribution in [2.75, 3.05) is 13.2 Å². The molecule has 1 fully saturated rings. The van der Waals surface area contributed by atoms with Gasteiger partial charge in [0, 0.05) is 17.1 Å². The first-order valence-electron chi connectivity index (χ1n) is 7.36. The van der Waals surface area contributed by atoms with Crippen LogP contribution in [0.2, 0.25) is 0 Å². The Morgan fingerprint density at radius 2 is 2.20 bits per heavy atom. The molecule has 0 heterocycles. The van der Waals surface area contributed by atoms with E-state index in [4.69, 9.17) is 4.74 Å². The molecule has 1 aromatic rings. The number of ether oxygens (including phenoxy) is 1. The maximum absolute atomic E-state index is 9.99. The number of benzene rings is 1. The van der Waals surface area contributed by atoms with Crippen LogP contribution < -0.4 is 10.1 Å². The van der Waals surface area contributed by atoms with Gasteiger partial charge < -0.3 is 15.2 Å². The number of halogens is 1. The lowest BCUT2D eigenvalue weighted by molar-refractivity contribution is 0.102. The summed E-state index contributed by atoms with van der Waals surface area (Å²) in [5, 5.41) is 13.5. The third kappa shape index (κ3) is 4.47. The number of aliphatic hydroxyl groups is 1. The van der Waals surface area contributed by atoms with Gasteiger partial charge in [-0.25, -0.2) is 0 Å². The Hall–Kier alpha value is -0.580. The summed E-state index contributed by atoms with van der Waals surface area (Å²) in [7, 11) is 0. The molecule has 4 atom stereocenters. The topological polar surface area (TPSA) is 41.5 Å². The molecule has 0 saturated heterocycles. The van der Waals surface area contributed by atoms with Crippen LogP contribution in [0.4, 0.5) is 0 Å². The Morgan fingerprint density at radius 1 is 1.40 bits per heavy atom. The Labute approximate surface area is 129 Å². The summed E-state index contributed by atoms with van der Waals surface area (Å²) in [6.45, 7) is 5.51. The zero-order valence-electron chi connectivity index (χ0n) is 12.2. The third-order valence-electron chi connectivity index (χ3n) is 4.32. The van der Waals surface area contributed by atoms with Crippen molar-refractivity contribution in [3.63, 3.8) is 0 Å². The van der Waals surface area contributed by atoms with Gasteiger partial charge in [0.25, 0.3) is 0 Å². The smallest absolute Gasteiger partial charge is 0.120 e. The second kappa shape index (κ2) is 7.43. The first kappa shape index (κ1) is 15.8. The normalized spacial score (nSPS) is 27.5. The van der Waals surface area contributed by atoms with Gasteiger partial charge in [-0.15, -0.1) is 0 Å². The lowest BCUT2D eigenvalue weighted by Crippen LogP contribution is -2.39. The minimum atomic E-state index is -0.475. The molecule has 1 aliphatic rings. The summed E-state index contributed by atoms with van der Waals surface area (Å²) >= 11 is 3.40. The summed E-state index contributed by atoms with van der Waals surface area (Å²) in [5.74, 6) is 2.25. The van der Waals surface area contributed by atoms with Crippen LogP contribution in [0, 0.1) is 11.8 Å². The molecule has 1 aromatic carbocycles. The Balaban J connectivity index is 1.69. The summed E-state index contributed by atoms with van der Waals surface area (Å²) in [5.41, 5.74) is 0. The number of aliphatic hydroxyl groups excluding tert-OH is 1. The van der Waals surface area contributed by atoms with Crippen molar-refractivity contribution in [3.8, 4) is 5.75 Å². The fourth-order valence-electron chi connectivity index (χ4n) is 2.75. The molecular weight excluding hydrogens is 318 g/mol. The van der Waals surface area contributed by atoms with E-state index in [2.05, 4.69) is 35.1 Å². The zero-order valence-corrected chi connectivity index (χ0v) is 13.8. The van der Waals surface area contributed by atoms with Gasteiger partial charge >= 0.3 is 0 Å². The zero-order chi connectivity index (χ0) is 14.5. The highest BCUT2D eigenvalue weighted by atomic mass is 79.9. The van der Waals surface area contributed by atoms with Crippen molar-refractivity contribution in [3.05, 3.63) is 28.7 Å². The SMILES string of the molecule is CC1CCC(NCC(O)COc2cccc(Br)c2)C1C. The van der Waals surface area contributed by atoms with E-state index in [-0.39, 0.29) is 0 Å². The minimum Gasteiger partial charge on any atom is -0.491 e. The summed E-state index contributed by atoms with van der Waals surface area (Å²) < 4.78 is 6.57. The van der Waals surface area contributed by atoms with E-state index < -0.39 is 6.10 Å². The van der Waals surface area contributed by atoms with Gasteiger partial charge in [0.1, 0.15) is 18.5 Å². The quantitative estimate of drug-likeness (QED) is 0.834. The van der Waals surface area contributed by atoms with Crippen LogP contribution in [0.3, 0.4) is 0 Å². The van der Waals surface area contributed by atoms with Crippen molar-refractivity contribution in [1.29, 1.82) is 0 Å². The lowest BCUT2D eigenvalue weighted by Gasteiger charge is -2.21. The van der Waals surface area contributed by atoms with Gasteiger partial charge in [0.05, 0.1) is 0 Å². The molecule has 3 nitrogen and oxygen atoms in total. The van der Waals surface area contributed by atoms with Gasteiger partial charge in [-0.1, -0.05) is 35.8 Å². The van der Waals surface area contributed by atoms with Crippen LogP contribution in [0.1, 0.15) is 26.7 Å². The Bertz CT molecular complexity index is 427. The molecule has 0 amide bonds. The van der Waals surface area contributed by atoms with Gasteiger partial charge in [-0.3, -0.25) is 0 Å². The molecule has 1 aliphatic carbocycles. The van der Waals surface area contributed by atoms with Crippen molar-refractivity contribution < 1.29 is 9.84 Å². The van der Waals surface area contributed by atoms with E-state index in [1.165, 1.54) is 12.8 Å². The first-order chi connectivity index (χ1) is 9.56. The molecule has 2 N–H and O–H groups in total. The fourth-order valence-corrected chi connectivity index (χ4v) is 3.13. The molecule has 0 bridgehead atoms. The fraction of sp³-hybridized carbons (Fsp3) is 0.625. The van der Waals surface area contributed by atoms with Crippen LogP contribution >= 0.6 is 15.9 Å². The number of hydrogen-bond acceptors (Lipinski definition) is 3. The van der Waals surface area contributed by atoms with Crippen LogP contribution in [-0.4, -0.2) is 30.4 Å². The summed E-state index contributed by atoms with van der Waals surface area (Å²) in [4.78, 5) is 0. The molecule has 1 saturated carbocycles. The molecular formula is C16H24BrNO2. The number of hydrogen-bond donors (Lipinski definition) is 2. The van der Waals surface area contributed by atoms with Crippen LogP contribution in [0.15, 0.2) is 28.7 Å². The van der Waals surface area contributed by atoms with E-state index in [0.717, 1.165) is 16.1 Å². The average Bonchev–Trinajstić information content (AvgIpc) is 2.74. The first-order valence-corrected chi connectivity index (χ1v) is 8.15. The standard InChI is InChI=1S/C16H24BrNO2/c1-11-6-7-16(12(11)2)18-9-14(19)10-20-15-5-3-4-13(17)8-15/h3-5,8,11-12,14,16,18-19H,6-7,9-10H2,1-2H3. The highest BCUT2D eigenvalue weighted by Crippen LogP contribution is 2.30. The van der Waals surface area contributed by atoms with Gasteiger partial charge in [0.2, 0.25) is 0 Å². The predicted octanol–water partition coefficient (Wildman–Crippen LogP) is 3.21. The van der Waals surface area contributed by atoms with Gasteiger partial charge in [0.15, 0.2) is 0 Å². The second-order valence-electron chi connectivity index (χ2n) is 5.85. The molecule has 4 unspecified atom stereocenters. The molecule has 0 aromatic heterocycles. The molecule has 2 rings (SSSR count). The van der Waals surface area contributed by atoms with E-state index >= 15 is 0 Å².